The van der Waals surface area contributed by atoms with Crippen molar-refractivity contribution in [3.63, 3.8) is 0 Å². The van der Waals surface area contributed by atoms with E-state index in [1.807, 2.05) is 18.2 Å². The van der Waals surface area contributed by atoms with Gasteiger partial charge in [-0.3, -0.25) is 5.43 Å². The average molecular weight is 268 g/mol. The second kappa shape index (κ2) is 5.49. The lowest BCUT2D eigenvalue weighted by Crippen LogP contribution is -2.22. The maximum absolute atomic E-state index is 4.46. The molecule has 1 heterocycles. The highest BCUT2D eigenvalue weighted by Gasteiger charge is 2.26. The van der Waals surface area contributed by atoms with Crippen molar-refractivity contribution in [3.05, 3.63) is 71.8 Å². The number of rotatable bonds is 3. The van der Waals surface area contributed by atoms with Gasteiger partial charge in [-0.05, 0) is 5.56 Å². The molecule has 3 rings (SSSR count). The molecule has 0 fully saturated rings. The van der Waals surface area contributed by atoms with Crippen LogP contribution < -0.4 is 5.43 Å². The summed E-state index contributed by atoms with van der Waals surface area (Å²) in [6.45, 7) is 2.24. The smallest absolute Gasteiger partial charge is 0.125 e. The standard InChI is InChI=1S/C16H16N2S/c1-12(13-8-4-2-5-9-13)15-17-18-16(19-15)14-10-6-3-7-11-14/h2-12,15,17H,1H3/t12-,15+/m0/s1. The van der Waals surface area contributed by atoms with Gasteiger partial charge in [-0.2, -0.15) is 5.10 Å². The Labute approximate surface area is 117 Å². The quantitative estimate of drug-likeness (QED) is 0.915. The zero-order valence-electron chi connectivity index (χ0n) is 10.8. The van der Waals surface area contributed by atoms with Crippen LogP contribution in [0.3, 0.4) is 0 Å². The van der Waals surface area contributed by atoms with Crippen molar-refractivity contribution in [1.29, 1.82) is 0 Å². The number of thioether (sulfide) groups is 1. The molecule has 0 saturated heterocycles. The minimum absolute atomic E-state index is 0.303. The number of hydrazone groups is 1. The Bertz CT molecular complexity index is 566. The van der Waals surface area contributed by atoms with Gasteiger partial charge in [-0.15, -0.1) is 0 Å². The fourth-order valence-corrected chi connectivity index (χ4v) is 3.24. The van der Waals surface area contributed by atoms with Crippen LogP contribution in [0.4, 0.5) is 0 Å². The second-order valence-corrected chi connectivity index (χ2v) is 5.78. The summed E-state index contributed by atoms with van der Waals surface area (Å²) < 4.78 is 0. The molecule has 2 aromatic carbocycles. The van der Waals surface area contributed by atoms with Crippen molar-refractivity contribution in [1.82, 2.24) is 5.43 Å². The van der Waals surface area contributed by atoms with Crippen LogP contribution in [0, 0.1) is 0 Å². The molecule has 2 aromatic rings. The first-order chi connectivity index (χ1) is 9.34. The van der Waals surface area contributed by atoms with E-state index in [1.165, 1.54) is 11.1 Å². The summed E-state index contributed by atoms with van der Waals surface area (Å²) in [6.07, 6.45) is 0. The zero-order valence-corrected chi connectivity index (χ0v) is 11.6. The van der Waals surface area contributed by atoms with E-state index in [0.29, 0.717) is 11.3 Å². The van der Waals surface area contributed by atoms with Gasteiger partial charge in [0.2, 0.25) is 0 Å². The zero-order chi connectivity index (χ0) is 13.1. The summed E-state index contributed by atoms with van der Waals surface area (Å²) in [6, 6.07) is 20.9. The molecule has 0 radical (unpaired) electrons. The fourth-order valence-electron chi connectivity index (χ4n) is 2.15. The molecule has 1 aliphatic heterocycles. The summed E-state index contributed by atoms with van der Waals surface area (Å²) in [5.74, 6) is 0.427. The van der Waals surface area contributed by atoms with E-state index in [4.69, 9.17) is 0 Å². The monoisotopic (exact) mass is 268 g/mol. The van der Waals surface area contributed by atoms with Gasteiger partial charge in [-0.25, -0.2) is 0 Å². The molecule has 19 heavy (non-hydrogen) atoms. The molecule has 2 nitrogen and oxygen atoms in total. The molecule has 0 unspecified atom stereocenters. The van der Waals surface area contributed by atoms with Gasteiger partial charge in [0.25, 0.3) is 0 Å². The van der Waals surface area contributed by atoms with E-state index >= 15 is 0 Å². The van der Waals surface area contributed by atoms with Crippen LogP contribution in [-0.4, -0.2) is 10.4 Å². The topological polar surface area (TPSA) is 24.4 Å². The molecular weight excluding hydrogens is 252 g/mol. The van der Waals surface area contributed by atoms with Crippen molar-refractivity contribution in [2.45, 2.75) is 18.2 Å². The molecule has 0 bridgehead atoms. The van der Waals surface area contributed by atoms with Crippen LogP contribution in [0.15, 0.2) is 65.8 Å². The molecular formula is C16H16N2S. The van der Waals surface area contributed by atoms with Crippen LogP contribution in [-0.2, 0) is 0 Å². The SMILES string of the molecule is C[C@@H](c1ccccc1)[C@@H]1NN=C(c2ccccc2)S1. The first-order valence-electron chi connectivity index (χ1n) is 6.45. The van der Waals surface area contributed by atoms with Crippen LogP contribution >= 0.6 is 11.8 Å². The maximum Gasteiger partial charge on any atom is 0.125 e. The Morgan fingerprint density at radius 3 is 2.32 bits per heavy atom. The third-order valence-electron chi connectivity index (χ3n) is 3.33. The second-order valence-electron chi connectivity index (χ2n) is 4.65. The first kappa shape index (κ1) is 12.3. The lowest BCUT2D eigenvalue weighted by molar-refractivity contribution is 0.609. The molecule has 0 spiro atoms. The van der Waals surface area contributed by atoms with Crippen molar-refractivity contribution in [3.8, 4) is 0 Å². The van der Waals surface area contributed by atoms with Crippen LogP contribution in [0.25, 0.3) is 0 Å². The number of nitrogens with zero attached hydrogens (tertiary/aromatic N) is 1. The predicted octanol–water partition coefficient (Wildman–Crippen LogP) is 3.81. The number of hydrogen-bond acceptors (Lipinski definition) is 3. The maximum atomic E-state index is 4.46. The molecule has 1 N–H and O–H groups in total. The predicted molar refractivity (Wildman–Crippen MR) is 82.4 cm³/mol. The Morgan fingerprint density at radius 1 is 1.00 bits per heavy atom. The minimum Gasteiger partial charge on any atom is -0.295 e. The lowest BCUT2D eigenvalue weighted by Gasteiger charge is -2.18. The van der Waals surface area contributed by atoms with Gasteiger partial charge in [-0.1, -0.05) is 79.3 Å². The minimum atomic E-state index is 0.303. The lowest BCUT2D eigenvalue weighted by atomic mass is 10.0. The Balaban J connectivity index is 1.72. The third kappa shape index (κ3) is 2.66. The van der Waals surface area contributed by atoms with Crippen molar-refractivity contribution >= 4 is 16.8 Å². The summed E-state index contributed by atoms with van der Waals surface area (Å²) in [5, 5.41) is 5.84. The van der Waals surface area contributed by atoms with Crippen LogP contribution in [0.2, 0.25) is 0 Å². The molecule has 0 amide bonds. The van der Waals surface area contributed by atoms with Crippen molar-refractivity contribution in [2.24, 2.45) is 5.10 Å². The van der Waals surface area contributed by atoms with Gasteiger partial charge in [0.05, 0.1) is 0 Å². The van der Waals surface area contributed by atoms with E-state index in [9.17, 15) is 0 Å². The Morgan fingerprint density at radius 2 is 1.63 bits per heavy atom. The number of benzene rings is 2. The average Bonchev–Trinajstić information content (AvgIpc) is 2.98. The fraction of sp³-hybridized carbons (Fsp3) is 0.188. The Hall–Kier alpha value is -1.74. The molecule has 0 aromatic heterocycles. The van der Waals surface area contributed by atoms with Crippen LogP contribution in [0.1, 0.15) is 24.0 Å². The van der Waals surface area contributed by atoms with Gasteiger partial charge < -0.3 is 0 Å². The largest absolute Gasteiger partial charge is 0.295 e. The van der Waals surface area contributed by atoms with E-state index in [1.54, 1.807) is 11.8 Å². The third-order valence-corrected chi connectivity index (χ3v) is 4.65. The summed E-state index contributed by atoms with van der Waals surface area (Å²) in [5.41, 5.74) is 5.78. The summed E-state index contributed by atoms with van der Waals surface area (Å²) in [4.78, 5) is 0. The summed E-state index contributed by atoms with van der Waals surface area (Å²) >= 11 is 1.81. The molecule has 96 valence electrons. The van der Waals surface area contributed by atoms with E-state index in [2.05, 4.69) is 59.9 Å². The van der Waals surface area contributed by atoms with Gasteiger partial charge >= 0.3 is 0 Å². The van der Waals surface area contributed by atoms with E-state index < -0.39 is 0 Å². The first-order valence-corrected chi connectivity index (χ1v) is 7.33. The number of hydrogen-bond donors (Lipinski definition) is 1. The summed E-state index contributed by atoms with van der Waals surface area (Å²) in [7, 11) is 0. The molecule has 0 saturated carbocycles. The molecule has 0 aliphatic carbocycles. The van der Waals surface area contributed by atoms with Crippen molar-refractivity contribution in [2.75, 3.05) is 0 Å². The normalized spacial score (nSPS) is 19.6. The highest BCUT2D eigenvalue weighted by atomic mass is 32.2. The Kier molecular flexibility index (Phi) is 3.56. The van der Waals surface area contributed by atoms with E-state index in [-0.39, 0.29) is 0 Å². The van der Waals surface area contributed by atoms with Crippen LogP contribution in [0.5, 0.6) is 0 Å². The van der Waals surface area contributed by atoms with Gasteiger partial charge in [0.1, 0.15) is 10.4 Å². The van der Waals surface area contributed by atoms with Crippen molar-refractivity contribution < 1.29 is 0 Å². The van der Waals surface area contributed by atoms with Gasteiger partial charge in [0.15, 0.2) is 0 Å². The van der Waals surface area contributed by atoms with E-state index in [0.717, 1.165) is 5.04 Å². The highest BCUT2D eigenvalue weighted by molar-refractivity contribution is 8.15. The molecule has 2 atom stereocenters. The highest BCUT2D eigenvalue weighted by Crippen LogP contribution is 2.32. The molecule has 1 aliphatic rings. The molecule has 3 heteroatoms. The van der Waals surface area contributed by atoms with Gasteiger partial charge in [0, 0.05) is 11.5 Å². The number of nitrogens with one attached hydrogen (secondary N) is 1.